The maximum atomic E-state index is 14.2. The number of hydrogen-bond donors (Lipinski definition) is 1. The largest absolute Gasteiger partial charge is 0.494 e. The van der Waals surface area contributed by atoms with Gasteiger partial charge in [-0.15, -0.1) is 0 Å². The molecule has 0 aliphatic rings. The first kappa shape index (κ1) is 30.8. The van der Waals surface area contributed by atoms with Gasteiger partial charge in [0.25, 0.3) is 0 Å². The quantitative estimate of drug-likeness (QED) is 0.0908. The average molecular weight is 588 g/mol. The van der Waals surface area contributed by atoms with Gasteiger partial charge < -0.3 is 10.5 Å². The Labute approximate surface area is 238 Å². The Balaban J connectivity index is 1.33. The van der Waals surface area contributed by atoms with E-state index in [0.717, 1.165) is 51.4 Å². The summed E-state index contributed by atoms with van der Waals surface area (Å²) >= 11 is 0. The van der Waals surface area contributed by atoms with Crippen LogP contribution in [0.1, 0.15) is 48.9 Å². The third kappa shape index (κ3) is 7.98. The summed E-state index contributed by atoms with van der Waals surface area (Å²) in [6, 6.07) is 14.0. The minimum atomic E-state index is -4.32. The number of benzene rings is 2. The molecule has 220 valence electrons. The van der Waals surface area contributed by atoms with Crippen molar-refractivity contribution in [2.24, 2.45) is 0 Å². The van der Waals surface area contributed by atoms with Gasteiger partial charge in [0.1, 0.15) is 11.3 Å². The molecule has 0 aliphatic carbocycles. The van der Waals surface area contributed by atoms with Gasteiger partial charge in [0, 0.05) is 23.4 Å². The zero-order chi connectivity index (χ0) is 29.6. The molecule has 2 aromatic carbocycles. The minimum Gasteiger partial charge on any atom is -0.494 e. The highest BCUT2D eigenvalue weighted by Gasteiger charge is 2.41. The first-order valence-electron chi connectivity index (χ1n) is 13.7. The monoisotopic (exact) mass is 587 g/mol. The smallest absolute Gasteiger partial charge is 0.479 e. The maximum Gasteiger partial charge on any atom is 0.479 e. The molecule has 4 aromatic rings. The molecule has 0 saturated carbocycles. The molecular weight excluding hydrogens is 551 g/mol. The molecule has 0 radical (unpaired) electrons. The molecule has 11 heteroatoms. The number of aryl methyl sites for hydroxylation is 4. The van der Waals surface area contributed by atoms with Gasteiger partial charge >= 0.3 is 13.9 Å². The highest BCUT2D eigenvalue weighted by Crippen LogP contribution is 2.54. The summed E-state index contributed by atoms with van der Waals surface area (Å²) in [7, 11) is -4.32. The number of nitrogens with zero attached hydrogens (tertiary/aromatic N) is 2. The van der Waals surface area contributed by atoms with Crippen LogP contribution in [0.3, 0.4) is 0 Å². The van der Waals surface area contributed by atoms with Crippen LogP contribution in [0.4, 0.5) is 14.6 Å². The number of phosphoric ester groups is 1. The van der Waals surface area contributed by atoms with Gasteiger partial charge in [0.2, 0.25) is 0 Å². The number of fused-ring (bicyclic) bond motifs is 3. The first-order valence-corrected chi connectivity index (χ1v) is 15.1. The summed E-state index contributed by atoms with van der Waals surface area (Å²) in [5.74, 6) is 1.00. The van der Waals surface area contributed by atoms with E-state index in [-0.39, 0.29) is 26.2 Å². The molecule has 0 aliphatic heterocycles. The molecule has 0 unspecified atom stereocenters. The normalized spacial score (nSPS) is 12.3. The van der Waals surface area contributed by atoms with Crippen LogP contribution in [0, 0.1) is 13.8 Å². The molecule has 0 saturated heterocycles. The fourth-order valence-electron chi connectivity index (χ4n) is 4.60. The van der Waals surface area contributed by atoms with Crippen molar-refractivity contribution in [3.8, 4) is 5.75 Å². The third-order valence-electron chi connectivity index (χ3n) is 6.57. The Morgan fingerprint density at radius 3 is 2.44 bits per heavy atom. The van der Waals surface area contributed by atoms with E-state index in [4.69, 9.17) is 19.5 Å². The number of pyridine rings is 2. The molecule has 0 bridgehead atoms. The second-order valence-electron chi connectivity index (χ2n) is 9.81. The Morgan fingerprint density at radius 1 is 0.976 bits per heavy atom. The molecular formula is C30H36F2N3O5P. The van der Waals surface area contributed by atoms with Crippen molar-refractivity contribution in [2.75, 3.05) is 25.6 Å². The fraction of sp³-hybridized carbons (Fsp3) is 0.400. The lowest BCUT2D eigenvalue weighted by atomic mass is 9.99. The lowest BCUT2D eigenvalue weighted by Crippen LogP contribution is -2.21. The van der Waals surface area contributed by atoms with Crippen molar-refractivity contribution in [1.82, 2.24) is 9.97 Å². The number of ether oxygens (including phenoxy) is 1. The van der Waals surface area contributed by atoms with Crippen molar-refractivity contribution in [3.63, 3.8) is 0 Å². The summed E-state index contributed by atoms with van der Waals surface area (Å²) in [5.41, 5.74) is 12.1. The van der Waals surface area contributed by atoms with Gasteiger partial charge in [-0.05, 0) is 93.5 Å². The Morgan fingerprint density at radius 2 is 1.73 bits per heavy atom. The van der Waals surface area contributed by atoms with Crippen LogP contribution >= 0.6 is 7.82 Å². The topological polar surface area (TPSA) is 106 Å². The van der Waals surface area contributed by atoms with E-state index in [1.165, 1.54) is 13.8 Å². The van der Waals surface area contributed by atoms with E-state index in [0.29, 0.717) is 17.1 Å². The lowest BCUT2D eigenvalue weighted by molar-refractivity contribution is -0.195. The first-order chi connectivity index (χ1) is 19.5. The van der Waals surface area contributed by atoms with Crippen LogP contribution in [-0.2, 0) is 31.0 Å². The van der Waals surface area contributed by atoms with Crippen LogP contribution in [-0.4, -0.2) is 35.9 Å². The summed E-state index contributed by atoms with van der Waals surface area (Å²) in [6.07, 6.45) is -0.968. The van der Waals surface area contributed by atoms with Crippen LogP contribution in [0.5, 0.6) is 5.75 Å². The number of phosphoric acid groups is 1. The van der Waals surface area contributed by atoms with E-state index in [1.54, 1.807) is 0 Å². The molecule has 0 fully saturated rings. The number of halogens is 2. The predicted octanol–water partition coefficient (Wildman–Crippen LogP) is 7.72. The fourth-order valence-corrected chi connectivity index (χ4v) is 5.83. The molecule has 0 atom stereocenters. The van der Waals surface area contributed by atoms with Crippen molar-refractivity contribution < 1.29 is 31.7 Å². The summed E-state index contributed by atoms with van der Waals surface area (Å²) in [6.45, 7) is 6.95. The second-order valence-corrected chi connectivity index (χ2v) is 11.4. The minimum absolute atomic E-state index is 0.0186. The SMILES string of the molecule is CCOP(=O)(OCC)OC(F)(F)CCCOc1ccc(CCc2cnc3c(N)nc4cc(C)ccc4c3c2)c(C)c1. The second kappa shape index (κ2) is 13.2. The zero-order valence-electron chi connectivity index (χ0n) is 23.8. The third-order valence-corrected chi connectivity index (χ3v) is 8.21. The lowest BCUT2D eigenvalue weighted by Gasteiger charge is -2.22. The molecule has 0 amide bonds. The molecule has 0 spiro atoms. The van der Waals surface area contributed by atoms with E-state index in [2.05, 4.69) is 32.7 Å². The molecule has 41 heavy (non-hydrogen) atoms. The number of aromatic nitrogens is 2. The average Bonchev–Trinajstić information content (AvgIpc) is 2.90. The Bertz CT molecular complexity index is 1560. The van der Waals surface area contributed by atoms with Crippen molar-refractivity contribution in [2.45, 2.75) is 59.5 Å². The van der Waals surface area contributed by atoms with E-state index in [1.807, 2.05) is 44.3 Å². The van der Waals surface area contributed by atoms with Crippen LogP contribution < -0.4 is 10.5 Å². The van der Waals surface area contributed by atoms with Crippen LogP contribution in [0.25, 0.3) is 21.8 Å². The van der Waals surface area contributed by atoms with Crippen LogP contribution in [0.15, 0.2) is 48.7 Å². The Kier molecular flexibility index (Phi) is 9.92. The number of rotatable bonds is 14. The number of hydrogen-bond acceptors (Lipinski definition) is 8. The molecule has 2 heterocycles. The molecule has 2 aromatic heterocycles. The van der Waals surface area contributed by atoms with E-state index < -0.39 is 20.4 Å². The number of nitrogens with two attached hydrogens (primary N) is 1. The van der Waals surface area contributed by atoms with Crippen LogP contribution in [0.2, 0.25) is 0 Å². The van der Waals surface area contributed by atoms with E-state index >= 15 is 0 Å². The number of alkyl halides is 2. The molecule has 4 rings (SSSR count). The summed E-state index contributed by atoms with van der Waals surface area (Å²) in [4.78, 5) is 9.11. The standard InChI is InChI=1S/C30H36F2N3O5P/c1-5-38-41(36,39-6-2)40-30(31,32)14-7-15-37-24-12-11-23(21(4)17-24)10-9-22-18-26-25-13-8-20(3)16-27(25)35-29(33)28(26)34-19-22/h8,11-13,16-19H,5-7,9-10,14-15H2,1-4H3,(H2,33,35). The van der Waals surface area contributed by atoms with Gasteiger partial charge in [-0.1, -0.05) is 18.2 Å². The number of nitrogen functional groups attached to an aromatic ring is 1. The molecule has 2 N–H and O–H groups in total. The summed E-state index contributed by atoms with van der Waals surface area (Å²) < 4.78 is 60.3. The van der Waals surface area contributed by atoms with Gasteiger partial charge in [-0.2, -0.15) is 8.78 Å². The highest BCUT2D eigenvalue weighted by atomic mass is 31.2. The van der Waals surface area contributed by atoms with Gasteiger partial charge in [0.15, 0.2) is 5.82 Å². The van der Waals surface area contributed by atoms with Gasteiger partial charge in [-0.25, -0.2) is 14.1 Å². The maximum absolute atomic E-state index is 14.2. The Hall–Kier alpha value is -3.17. The number of anilines is 1. The van der Waals surface area contributed by atoms with Crippen molar-refractivity contribution >= 4 is 35.4 Å². The van der Waals surface area contributed by atoms with Gasteiger partial charge in [0.05, 0.1) is 25.3 Å². The van der Waals surface area contributed by atoms with Crippen molar-refractivity contribution in [1.29, 1.82) is 0 Å². The van der Waals surface area contributed by atoms with E-state index in [9.17, 15) is 13.3 Å². The van der Waals surface area contributed by atoms with Gasteiger partial charge in [-0.3, -0.25) is 14.0 Å². The van der Waals surface area contributed by atoms with Crippen molar-refractivity contribution in [3.05, 3.63) is 70.9 Å². The predicted molar refractivity (Wildman–Crippen MR) is 156 cm³/mol. The zero-order valence-corrected chi connectivity index (χ0v) is 24.7. The molecule has 8 nitrogen and oxygen atoms in total. The highest BCUT2D eigenvalue weighted by molar-refractivity contribution is 7.48. The summed E-state index contributed by atoms with van der Waals surface area (Å²) in [5, 5.41) is 2.01.